The Balaban J connectivity index is 2.45. The highest BCUT2D eigenvalue weighted by Gasteiger charge is 2.26. The van der Waals surface area contributed by atoms with E-state index in [4.69, 9.17) is 6.42 Å². The summed E-state index contributed by atoms with van der Waals surface area (Å²) in [6, 6.07) is -0.0855. The van der Waals surface area contributed by atoms with Crippen molar-refractivity contribution in [3.8, 4) is 12.3 Å². The van der Waals surface area contributed by atoms with Crippen LogP contribution < -0.4 is 10.6 Å². The predicted molar refractivity (Wildman–Crippen MR) is 55.3 cm³/mol. The molecule has 1 amide bonds. The lowest BCUT2D eigenvalue weighted by Crippen LogP contribution is -2.50. The van der Waals surface area contributed by atoms with E-state index in [9.17, 15) is 4.79 Å². The molecule has 0 spiro atoms. The van der Waals surface area contributed by atoms with Crippen LogP contribution in [-0.2, 0) is 4.79 Å². The molecule has 0 bridgehead atoms. The second kappa shape index (κ2) is 4.03. The molecule has 1 rings (SSSR count). The maximum Gasteiger partial charge on any atom is 0.239 e. The summed E-state index contributed by atoms with van der Waals surface area (Å²) in [5, 5.41) is 5.88. The van der Waals surface area contributed by atoms with Crippen LogP contribution in [0.25, 0.3) is 0 Å². The fourth-order valence-corrected chi connectivity index (χ4v) is 1.94. The van der Waals surface area contributed by atoms with E-state index in [0.717, 1.165) is 11.6 Å². The molecule has 2 N–H and O–H groups in total. The van der Waals surface area contributed by atoms with Crippen molar-refractivity contribution in [1.82, 2.24) is 10.6 Å². The summed E-state index contributed by atoms with van der Waals surface area (Å²) in [5.74, 6) is 4.19. The monoisotopic (exact) mass is 198 g/mol. The number of amides is 1. The van der Waals surface area contributed by atoms with E-state index in [1.54, 1.807) is 11.8 Å². The molecule has 1 fully saturated rings. The van der Waals surface area contributed by atoms with Crippen molar-refractivity contribution >= 4 is 17.7 Å². The van der Waals surface area contributed by atoms with E-state index < -0.39 is 5.54 Å². The molecule has 1 heterocycles. The normalized spacial score (nSPS) is 22.4. The molecule has 4 heteroatoms. The smallest absolute Gasteiger partial charge is 0.239 e. The lowest BCUT2D eigenvalue weighted by Gasteiger charge is -2.21. The van der Waals surface area contributed by atoms with Crippen molar-refractivity contribution in [3.05, 3.63) is 0 Å². The molecule has 0 aromatic carbocycles. The highest BCUT2D eigenvalue weighted by molar-refractivity contribution is 7.99. The van der Waals surface area contributed by atoms with E-state index in [1.165, 1.54) is 0 Å². The first kappa shape index (κ1) is 10.4. The number of nitrogens with one attached hydrogen (secondary N) is 2. The van der Waals surface area contributed by atoms with Gasteiger partial charge < -0.3 is 5.32 Å². The minimum Gasteiger partial charge on any atom is -0.339 e. The summed E-state index contributed by atoms with van der Waals surface area (Å²) >= 11 is 1.72. The van der Waals surface area contributed by atoms with Crippen LogP contribution in [0, 0.1) is 12.3 Å². The zero-order valence-electron chi connectivity index (χ0n) is 7.89. The molecule has 0 aliphatic carbocycles. The van der Waals surface area contributed by atoms with Crippen molar-refractivity contribution in [3.63, 3.8) is 0 Å². The zero-order chi connectivity index (χ0) is 9.90. The van der Waals surface area contributed by atoms with E-state index in [0.29, 0.717) is 0 Å². The second-order valence-electron chi connectivity index (χ2n) is 3.53. The highest BCUT2D eigenvalue weighted by Crippen LogP contribution is 2.10. The molecular weight excluding hydrogens is 184 g/mol. The Labute approximate surface area is 83.0 Å². The molecule has 1 aliphatic heterocycles. The number of hydrogen-bond donors (Lipinski definition) is 2. The van der Waals surface area contributed by atoms with Gasteiger partial charge in [0, 0.05) is 11.6 Å². The third-order valence-corrected chi connectivity index (χ3v) is 2.77. The maximum absolute atomic E-state index is 11.5. The Morgan fingerprint density at radius 3 is 2.92 bits per heavy atom. The topological polar surface area (TPSA) is 41.1 Å². The third kappa shape index (κ3) is 2.94. The van der Waals surface area contributed by atoms with Crippen LogP contribution in [0.2, 0.25) is 0 Å². The van der Waals surface area contributed by atoms with Gasteiger partial charge in [-0.2, -0.15) is 0 Å². The van der Waals surface area contributed by atoms with Gasteiger partial charge >= 0.3 is 0 Å². The Hall–Kier alpha value is -0.660. The van der Waals surface area contributed by atoms with Gasteiger partial charge in [0.15, 0.2) is 0 Å². The van der Waals surface area contributed by atoms with Crippen molar-refractivity contribution < 1.29 is 4.79 Å². The van der Waals surface area contributed by atoms with Crippen molar-refractivity contribution in [2.75, 3.05) is 11.6 Å². The molecule has 0 aromatic heterocycles. The number of hydrogen-bond acceptors (Lipinski definition) is 3. The molecule has 3 nitrogen and oxygen atoms in total. The summed E-state index contributed by atoms with van der Waals surface area (Å²) < 4.78 is 0. The lowest BCUT2D eigenvalue weighted by molar-refractivity contribution is -0.123. The molecule has 72 valence electrons. The third-order valence-electron chi connectivity index (χ3n) is 1.83. The molecular formula is C9H14N2OS. The molecule has 13 heavy (non-hydrogen) atoms. The predicted octanol–water partition coefficient (Wildman–Crippen LogP) is 0.177. The average molecular weight is 198 g/mol. The zero-order valence-corrected chi connectivity index (χ0v) is 8.70. The molecule has 1 aliphatic rings. The number of thioether (sulfide) groups is 1. The first-order chi connectivity index (χ1) is 6.05. The van der Waals surface area contributed by atoms with Crippen LogP contribution in [-0.4, -0.2) is 29.1 Å². The first-order valence-electron chi connectivity index (χ1n) is 4.16. The summed E-state index contributed by atoms with van der Waals surface area (Å²) in [6.07, 6.45) is 5.26. The van der Waals surface area contributed by atoms with E-state index in [-0.39, 0.29) is 11.9 Å². The van der Waals surface area contributed by atoms with Gasteiger partial charge in [0.25, 0.3) is 0 Å². The van der Waals surface area contributed by atoms with Crippen molar-refractivity contribution in [2.45, 2.75) is 25.4 Å². The highest BCUT2D eigenvalue weighted by atomic mass is 32.2. The largest absolute Gasteiger partial charge is 0.339 e. The number of carbonyl (C=O) groups excluding carboxylic acids is 1. The Kier molecular flexibility index (Phi) is 3.23. The first-order valence-corrected chi connectivity index (χ1v) is 5.31. The fraction of sp³-hybridized carbons (Fsp3) is 0.667. The lowest BCUT2D eigenvalue weighted by atomic mass is 10.1. The minimum atomic E-state index is -0.550. The van der Waals surface area contributed by atoms with Gasteiger partial charge in [0.2, 0.25) is 5.91 Å². The maximum atomic E-state index is 11.5. The number of terminal acetylenes is 1. The van der Waals surface area contributed by atoms with Crippen LogP contribution in [0.15, 0.2) is 0 Å². The second-order valence-corrected chi connectivity index (χ2v) is 4.56. The van der Waals surface area contributed by atoms with Gasteiger partial charge in [0.05, 0.1) is 11.6 Å². The van der Waals surface area contributed by atoms with E-state index in [2.05, 4.69) is 16.6 Å². The molecule has 1 saturated heterocycles. The molecule has 0 aromatic rings. The van der Waals surface area contributed by atoms with Gasteiger partial charge in [0.1, 0.15) is 0 Å². The summed E-state index contributed by atoms with van der Waals surface area (Å²) in [7, 11) is 0. The molecule has 1 atom stereocenters. The van der Waals surface area contributed by atoms with Gasteiger partial charge in [-0.05, 0) is 13.8 Å². The standard InChI is InChI=1S/C9H14N2OS/c1-4-9(2,3)11-8(12)7-5-13-6-10-7/h1,7,10H,5-6H2,2-3H3,(H,11,12). The van der Waals surface area contributed by atoms with E-state index >= 15 is 0 Å². The number of carbonyl (C=O) groups is 1. The molecule has 0 radical (unpaired) electrons. The van der Waals surface area contributed by atoms with Crippen LogP contribution in [0.4, 0.5) is 0 Å². The summed E-state index contributed by atoms with van der Waals surface area (Å²) in [6.45, 7) is 3.62. The quantitative estimate of drug-likeness (QED) is 0.622. The van der Waals surface area contributed by atoms with Gasteiger partial charge in [-0.3, -0.25) is 10.1 Å². The van der Waals surface area contributed by atoms with Crippen LogP contribution >= 0.6 is 11.8 Å². The van der Waals surface area contributed by atoms with Crippen LogP contribution in [0.3, 0.4) is 0 Å². The van der Waals surface area contributed by atoms with Gasteiger partial charge in [-0.25, -0.2) is 0 Å². The molecule has 1 unspecified atom stereocenters. The summed E-state index contributed by atoms with van der Waals surface area (Å²) in [5.41, 5.74) is -0.550. The van der Waals surface area contributed by atoms with E-state index in [1.807, 2.05) is 13.8 Å². The Morgan fingerprint density at radius 2 is 2.46 bits per heavy atom. The van der Waals surface area contributed by atoms with Gasteiger partial charge in [-0.1, -0.05) is 5.92 Å². The minimum absolute atomic E-state index is 0.00653. The van der Waals surface area contributed by atoms with Gasteiger partial charge in [-0.15, -0.1) is 18.2 Å². The van der Waals surface area contributed by atoms with Crippen LogP contribution in [0.1, 0.15) is 13.8 Å². The summed E-state index contributed by atoms with van der Waals surface area (Å²) in [4.78, 5) is 11.5. The average Bonchev–Trinajstić information content (AvgIpc) is 2.55. The Bertz CT molecular complexity index is 238. The van der Waals surface area contributed by atoms with Crippen molar-refractivity contribution in [1.29, 1.82) is 0 Å². The Morgan fingerprint density at radius 1 is 1.77 bits per heavy atom. The molecule has 0 saturated carbocycles. The fourth-order valence-electron chi connectivity index (χ4n) is 0.995. The SMILES string of the molecule is C#CC(C)(C)NC(=O)C1CSCN1. The van der Waals surface area contributed by atoms with Crippen LogP contribution in [0.5, 0.6) is 0 Å². The number of rotatable bonds is 2. The van der Waals surface area contributed by atoms with Crippen molar-refractivity contribution in [2.24, 2.45) is 0 Å².